The highest BCUT2D eigenvalue weighted by Crippen LogP contribution is 2.15. The van der Waals surface area contributed by atoms with Crippen molar-refractivity contribution in [3.8, 4) is 0 Å². The first-order valence-electron chi connectivity index (χ1n) is 8.24. The Hall–Kier alpha value is -2.63. The third-order valence-corrected chi connectivity index (χ3v) is 3.44. The van der Waals surface area contributed by atoms with E-state index in [0.717, 1.165) is 42.5 Å². The molecule has 0 bridgehead atoms. The van der Waals surface area contributed by atoms with Crippen LogP contribution in [0.5, 0.6) is 0 Å². The normalized spacial score (nSPS) is 11.2. The number of pyridine rings is 2. The van der Waals surface area contributed by atoms with Crippen LogP contribution in [0.3, 0.4) is 0 Å². The number of hydrogen-bond donors (Lipinski definition) is 2. The molecule has 0 saturated carbocycles. The highest BCUT2D eigenvalue weighted by atomic mass is 15.2. The van der Waals surface area contributed by atoms with Gasteiger partial charge < -0.3 is 15.5 Å². The standard InChI is InChI=1S/C18H26N6/c1-4-19-18(22-13-10-16-9-5-6-11-20-16)23-14-15-8-7-12-21-17(15)24(2)3/h5-9,11-12H,4,10,13-14H2,1-3H3,(H2,19,22,23). The van der Waals surface area contributed by atoms with E-state index in [4.69, 9.17) is 0 Å². The molecule has 2 N–H and O–H groups in total. The fourth-order valence-corrected chi connectivity index (χ4v) is 2.32. The van der Waals surface area contributed by atoms with E-state index in [1.165, 1.54) is 0 Å². The molecule has 2 aromatic rings. The number of aliphatic imine (C=N–C) groups is 1. The molecule has 6 heteroatoms. The smallest absolute Gasteiger partial charge is 0.191 e. The monoisotopic (exact) mass is 326 g/mol. The van der Waals surface area contributed by atoms with Crippen LogP contribution in [-0.2, 0) is 13.0 Å². The third-order valence-electron chi connectivity index (χ3n) is 3.44. The first-order chi connectivity index (χ1) is 11.7. The summed E-state index contributed by atoms with van der Waals surface area (Å²) < 4.78 is 0. The molecule has 0 radical (unpaired) electrons. The molecular weight excluding hydrogens is 300 g/mol. The van der Waals surface area contributed by atoms with Crippen molar-refractivity contribution in [3.05, 3.63) is 54.0 Å². The zero-order valence-corrected chi connectivity index (χ0v) is 14.7. The van der Waals surface area contributed by atoms with Crippen molar-refractivity contribution in [3.63, 3.8) is 0 Å². The number of nitrogens with zero attached hydrogens (tertiary/aromatic N) is 4. The minimum Gasteiger partial charge on any atom is -0.362 e. The van der Waals surface area contributed by atoms with Crippen LogP contribution >= 0.6 is 0 Å². The van der Waals surface area contributed by atoms with Crippen molar-refractivity contribution in [2.45, 2.75) is 19.9 Å². The molecule has 0 unspecified atom stereocenters. The highest BCUT2D eigenvalue weighted by Gasteiger charge is 2.05. The minimum absolute atomic E-state index is 0.584. The Labute approximate surface area is 144 Å². The lowest BCUT2D eigenvalue weighted by molar-refractivity contribution is 0.787. The van der Waals surface area contributed by atoms with E-state index in [9.17, 15) is 0 Å². The van der Waals surface area contributed by atoms with Gasteiger partial charge in [-0.2, -0.15) is 0 Å². The van der Waals surface area contributed by atoms with Gasteiger partial charge in [-0.15, -0.1) is 0 Å². The number of hydrogen-bond acceptors (Lipinski definition) is 4. The summed E-state index contributed by atoms with van der Waals surface area (Å²) in [5.41, 5.74) is 2.17. The average Bonchev–Trinajstić information content (AvgIpc) is 2.60. The fraction of sp³-hybridized carbons (Fsp3) is 0.389. The van der Waals surface area contributed by atoms with Crippen molar-refractivity contribution >= 4 is 11.8 Å². The number of nitrogens with one attached hydrogen (secondary N) is 2. The van der Waals surface area contributed by atoms with Crippen molar-refractivity contribution in [2.75, 3.05) is 32.1 Å². The molecule has 0 saturated heterocycles. The van der Waals surface area contributed by atoms with Crippen LogP contribution < -0.4 is 15.5 Å². The number of aromatic nitrogens is 2. The lowest BCUT2D eigenvalue weighted by Crippen LogP contribution is -2.38. The summed E-state index contributed by atoms with van der Waals surface area (Å²) in [5.74, 6) is 1.76. The van der Waals surface area contributed by atoms with Gasteiger partial charge in [0.1, 0.15) is 5.82 Å². The second-order valence-corrected chi connectivity index (χ2v) is 5.57. The second-order valence-electron chi connectivity index (χ2n) is 5.57. The van der Waals surface area contributed by atoms with Gasteiger partial charge in [0.25, 0.3) is 0 Å². The molecule has 0 atom stereocenters. The van der Waals surface area contributed by atoms with Crippen LogP contribution in [0.15, 0.2) is 47.7 Å². The predicted octanol–water partition coefficient (Wildman–Crippen LogP) is 1.84. The van der Waals surface area contributed by atoms with Crippen LogP contribution in [0.2, 0.25) is 0 Å². The molecule has 2 rings (SSSR count). The number of rotatable bonds is 7. The van der Waals surface area contributed by atoms with Gasteiger partial charge in [-0.1, -0.05) is 12.1 Å². The Bertz CT molecular complexity index is 639. The first-order valence-corrected chi connectivity index (χ1v) is 8.24. The van der Waals surface area contributed by atoms with Crippen LogP contribution in [0.1, 0.15) is 18.2 Å². The Kier molecular flexibility index (Phi) is 7.01. The van der Waals surface area contributed by atoms with E-state index >= 15 is 0 Å². The molecule has 6 nitrogen and oxygen atoms in total. The lowest BCUT2D eigenvalue weighted by atomic mass is 10.2. The topological polar surface area (TPSA) is 65.4 Å². The fourth-order valence-electron chi connectivity index (χ4n) is 2.32. The van der Waals surface area contributed by atoms with Crippen LogP contribution in [0.4, 0.5) is 5.82 Å². The molecule has 0 spiro atoms. The van der Waals surface area contributed by atoms with Crippen molar-refractivity contribution in [1.82, 2.24) is 20.6 Å². The molecule has 0 aromatic carbocycles. The zero-order chi connectivity index (χ0) is 17.2. The summed E-state index contributed by atoms with van der Waals surface area (Å²) in [7, 11) is 3.98. The lowest BCUT2D eigenvalue weighted by Gasteiger charge is -2.15. The summed E-state index contributed by atoms with van der Waals surface area (Å²) in [4.78, 5) is 15.4. The third kappa shape index (κ3) is 5.53. The van der Waals surface area contributed by atoms with E-state index in [-0.39, 0.29) is 0 Å². The van der Waals surface area contributed by atoms with E-state index in [1.807, 2.05) is 49.5 Å². The van der Waals surface area contributed by atoms with E-state index in [0.29, 0.717) is 6.54 Å². The summed E-state index contributed by atoms with van der Waals surface area (Å²) in [5, 5.41) is 6.63. The summed E-state index contributed by atoms with van der Waals surface area (Å²) in [6.07, 6.45) is 4.49. The van der Waals surface area contributed by atoms with Gasteiger partial charge in [0, 0.05) is 57.3 Å². The Balaban J connectivity index is 1.95. The summed E-state index contributed by atoms with van der Waals surface area (Å²) in [6, 6.07) is 9.97. The SMILES string of the molecule is CCNC(=NCc1cccnc1N(C)C)NCCc1ccccn1. The van der Waals surface area contributed by atoms with E-state index in [1.54, 1.807) is 6.20 Å². The Morgan fingerprint density at radius 3 is 2.62 bits per heavy atom. The molecule has 0 aliphatic carbocycles. The van der Waals surface area contributed by atoms with Gasteiger partial charge in [0.2, 0.25) is 0 Å². The van der Waals surface area contributed by atoms with Gasteiger partial charge in [0.05, 0.1) is 6.54 Å². The van der Waals surface area contributed by atoms with Gasteiger partial charge >= 0.3 is 0 Å². The molecular formula is C18H26N6. The van der Waals surface area contributed by atoms with Gasteiger partial charge in [0.15, 0.2) is 5.96 Å². The van der Waals surface area contributed by atoms with Crippen molar-refractivity contribution < 1.29 is 0 Å². The first kappa shape index (κ1) is 17.7. The molecule has 24 heavy (non-hydrogen) atoms. The molecule has 128 valence electrons. The molecule has 0 aliphatic heterocycles. The quantitative estimate of drug-likeness (QED) is 0.600. The van der Waals surface area contributed by atoms with E-state index < -0.39 is 0 Å². The molecule has 2 heterocycles. The van der Waals surface area contributed by atoms with Crippen LogP contribution in [0.25, 0.3) is 0 Å². The zero-order valence-electron chi connectivity index (χ0n) is 14.7. The number of anilines is 1. The molecule has 0 amide bonds. The van der Waals surface area contributed by atoms with Gasteiger partial charge in [-0.05, 0) is 25.1 Å². The van der Waals surface area contributed by atoms with Crippen LogP contribution in [-0.4, -0.2) is 43.1 Å². The van der Waals surface area contributed by atoms with Crippen molar-refractivity contribution in [1.29, 1.82) is 0 Å². The largest absolute Gasteiger partial charge is 0.362 e. The second kappa shape index (κ2) is 9.50. The van der Waals surface area contributed by atoms with E-state index in [2.05, 4.69) is 38.6 Å². The maximum absolute atomic E-state index is 4.67. The summed E-state index contributed by atoms with van der Waals surface area (Å²) >= 11 is 0. The maximum Gasteiger partial charge on any atom is 0.191 e. The average molecular weight is 326 g/mol. The highest BCUT2D eigenvalue weighted by molar-refractivity contribution is 5.79. The Morgan fingerprint density at radius 2 is 1.92 bits per heavy atom. The van der Waals surface area contributed by atoms with Gasteiger partial charge in [-0.25, -0.2) is 9.98 Å². The number of guanidine groups is 1. The predicted molar refractivity (Wildman–Crippen MR) is 99.3 cm³/mol. The molecule has 0 fully saturated rings. The minimum atomic E-state index is 0.584. The Morgan fingerprint density at radius 1 is 1.08 bits per heavy atom. The van der Waals surface area contributed by atoms with Gasteiger partial charge in [-0.3, -0.25) is 4.98 Å². The summed E-state index contributed by atoms with van der Waals surface area (Å²) in [6.45, 7) is 4.25. The maximum atomic E-state index is 4.67. The van der Waals surface area contributed by atoms with Crippen molar-refractivity contribution in [2.24, 2.45) is 4.99 Å². The molecule has 0 aliphatic rings. The molecule has 2 aromatic heterocycles. The van der Waals surface area contributed by atoms with Crippen LogP contribution in [0, 0.1) is 0 Å².